The van der Waals surface area contributed by atoms with Crippen LogP contribution in [0.3, 0.4) is 0 Å². The molecule has 0 radical (unpaired) electrons. The molecule has 0 aromatic carbocycles. The number of aliphatic carboxylic acids is 1. The van der Waals surface area contributed by atoms with Crippen molar-refractivity contribution in [2.24, 2.45) is 0 Å². The summed E-state index contributed by atoms with van der Waals surface area (Å²) >= 11 is 1.67. The molecule has 1 saturated heterocycles. The van der Waals surface area contributed by atoms with Crippen molar-refractivity contribution < 1.29 is 9.90 Å². The molecule has 4 heteroatoms. The lowest BCUT2D eigenvalue weighted by molar-refractivity contribution is -0.150. The molecule has 17 heavy (non-hydrogen) atoms. The van der Waals surface area contributed by atoms with Crippen LogP contribution in [-0.2, 0) is 11.3 Å². The summed E-state index contributed by atoms with van der Waals surface area (Å²) in [6, 6.07) is 2.08. The van der Waals surface area contributed by atoms with Crippen LogP contribution in [0.2, 0.25) is 0 Å². The number of hydrogen-bond acceptors (Lipinski definition) is 3. The van der Waals surface area contributed by atoms with E-state index >= 15 is 0 Å². The number of nitrogens with zero attached hydrogens (tertiary/aromatic N) is 1. The molecule has 1 fully saturated rings. The van der Waals surface area contributed by atoms with Gasteiger partial charge in [0, 0.05) is 6.54 Å². The van der Waals surface area contributed by atoms with E-state index in [0.29, 0.717) is 0 Å². The third-order valence-electron chi connectivity index (χ3n) is 3.64. The number of rotatable bonds is 5. The van der Waals surface area contributed by atoms with Crippen molar-refractivity contribution in [3.05, 3.63) is 22.4 Å². The van der Waals surface area contributed by atoms with Crippen molar-refractivity contribution in [3.63, 3.8) is 0 Å². The first-order valence-corrected chi connectivity index (χ1v) is 7.13. The summed E-state index contributed by atoms with van der Waals surface area (Å²) < 4.78 is 0. The summed E-state index contributed by atoms with van der Waals surface area (Å²) in [6.45, 7) is 3.74. The third kappa shape index (κ3) is 2.38. The minimum Gasteiger partial charge on any atom is -0.480 e. The largest absolute Gasteiger partial charge is 0.480 e. The summed E-state index contributed by atoms with van der Waals surface area (Å²) in [5, 5.41) is 13.7. The molecule has 1 aromatic heterocycles. The highest BCUT2D eigenvalue weighted by atomic mass is 32.1. The Morgan fingerprint density at radius 3 is 3.06 bits per heavy atom. The standard InChI is InChI=1S/C13H19NO2S/c1-2-5-13(12(15)16)6-3-7-14(13)9-11-4-8-17-10-11/h4,8,10H,2-3,5-7,9H2,1H3,(H,15,16). The van der Waals surface area contributed by atoms with Crippen LogP contribution in [0.5, 0.6) is 0 Å². The van der Waals surface area contributed by atoms with Crippen molar-refractivity contribution >= 4 is 17.3 Å². The van der Waals surface area contributed by atoms with Gasteiger partial charge >= 0.3 is 5.97 Å². The number of thiophene rings is 1. The molecule has 1 aromatic rings. The third-order valence-corrected chi connectivity index (χ3v) is 4.37. The molecule has 1 aliphatic heterocycles. The van der Waals surface area contributed by atoms with Crippen molar-refractivity contribution in [3.8, 4) is 0 Å². The maximum absolute atomic E-state index is 11.6. The molecule has 1 unspecified atom stereocenters. The zero-order chi connectivity index (χ0) is 12.3. The van der Waals surface area contributed by atoms with Gasteiger partial charge in [0.15, 0.2) is 0 Å². The van der Waals surface area contributed by atoms with Gasteiger partial charge in [-0.25, -0.2) is 0 Å². The van der Waals surface area contributed by atoms with Gasteiger partial charge in [-0.2, -0.15) is 11.3 Å². The van der Waals surface area contributed by atoms with E-state index in [0.717, 1.165) is 38.8 Å². The van der Waals surface area contributed by atoms with E-state index in [-0.39, 0.29) is 0 Å². The molecule has 0 amide bonds. The summed E-state index contributed by atoms with van der Waals surface area (Å²) in [6.07, 6.45) is 3.47. The van der Waals surface area contributed by atoms with Crippen LogP contribution in [0.4, 0.5) is 0 Å². The molecule has 1 N–H and O–H groups in total. The van der Waals surface area contributed by atoms with Gasteiger partial charge in [0.05, 0.1) is 0 Å². The first kappa shape index (κ1) is 12.6. The van der Waals surface area contributed by atoms with Gasteiger partial charge in [-0.1, -0.05) is 13.3 Å². The monoisotopic (exact) mass is 253 g/mol. The number of carboxylic acid groups (broad SMARTS) is 1. The van der Waals surface area contributed by atoms with E-state index in [2.05, 4.69) is 23.3 Å². The van der Waals surface area contributed by atoms with Gasteiger partial charge in [-0.3, -0.25) is 9.69 Å². The highest BCUT2D eigenvalue weighted by Gasteiger charge is 2.46. The fraction of sp³-hybridized carbons (Fsp3) is 0.615. The highest BCUT2D eigenvalue weighted by molar-refractivity contribution is 7.07. The highest BCUT2D eigenvalue weighted by Crippen LogP contribution is 2.35. The van der Waals surface area contributed by atoms with Crippen LogP contribution < -0.4 is 0 Å². The molecule has 0 saturated carbocycles. The lowest BCUT2D eigenvalue weighted by atomic mass is 9.90. The van der Waals surface area contributed by atoms with E-state index in [4.69, 9.17) is 0 Å². The summed E-state index contributed by atoms with van der Waals surface area (Å²) in [4.78, 5) is 13.8. The Balaban J connectivity index is 2.16. The number of carboxylic acids is 1. The van der Waals surface area contributed by atoms with Gasteiger partial charge in [-0.15, -0.1) is 0 Å². The maximum Gasteiger partial charge on any atom is 0.324 e. The van der Waals surface area contributed by atoms with E-state index in [9.17, 15) is 9.90 Å². The number of carbonyl (C=O) groups is 1. The Morgan fingerprint density at radius 2 is 2.47 bits per heavy atom. The Hall–Kier alpha value is -0.870. The second-order valence-electron chi connectivity index (χ2n) is 4.74. The van der Waals surface area contributed by atoms with Crippen LogP contribution >= 0.6 is 11.3 Å². The molecule has 3 nitrogen and oxygen atoms in total. The first-order valence-electron chi connectivity index (χ1n) is 6.18. The minimum atomic E-state index is -0.646. The van der Waals surface area contributed by atoms with Crippen LogP contribution in [0.1, 0.15) is 38.2 Å². The van der Waals surface area contributed by atoms with Gasteiger partial charge in [-0.05, 0) is 48.2 Å². The Bertz CT molecular complexity index is 377. The second-order valence-corrected chi connectivity index (χ2v) is 5.52. The second kappa shape index (κ2) is 5.19. The van der Waals surface area contributed by atoms with Crippen LogP contribution in [0.25, 0.3) is 0 Å². The normalized spacial score (nSPS) is 25.2. The van der Waals surface area contributed by atoms with E-state index in [1.54, 1.807) is 11.3 Å². The lowest BCUT2D eigenvalue weighted by Gasteiger charge is -2.34. The molecule has 0 bridgehead atoms. The van der Waals surface area contributed by atoms with E-state index in [1.165, 1.54) is 5.56 Å². The average Bonchev–Trinajstić information content (AvgIpc) is 2.91. The molecular formula is C13H19NO2S. The predicted molar refractivity (Wildman–Crippen MR) is 69.2 cm³/mol. The Labute approximate surface area is 106 Å². The maximum atomic E-state index is 11.6. The van der Waals surface area contributed by atoms with Crippen molar-refractivity contribution in [1.29, 1.82) is 0 Å². The van der Waals surface area contributed by atoms with Crippen LogP contribution in [0.15, 0.2) is 16.8 Å². The molecule has 2 rings (SSSR count). The molecule has 1 atom stereocenters. The fourth-order valence-corrected chi connectivity index (χ4v) is 3.47. The zero-order valence-electron chi connectivity index (χ0n) is 10.2. The average molecular weight is 253 g/mol. The van der Waals surface area contributed by atoms with E-state index in [1.807, 2.05) is 5.38 Å². The van der Waals surface area contributed by atoms with Crippen molar-refractivity contribution in [2.45, 2.75) is 44.7 Å². The van der Waals surface area contributed by atoms with Gasteiger partial charge < -0.3 is 5.11 Å². The van der Waals surface area contributed by atoms with Gasteiger partial charge in [0.2, 0.25) is 0 Å². The molecular weight excluding hydrogens is 234 g/mol. The number of hydrogen-bond donors (Lipinski definition) is 1. The molecule has 2 heterocycles. The zero-order valence-corrected chi connectivity index (χ0v) is 11.0. The SMILES string of the molecule is CCCC1(C(=O)O)CCCN1Cc1ccsc1. The minimum absolute atomic E-state index is 0.614. The quantitative estimate of drug-likeness (QED) is 0.877. The molecule has 0 aliphatic carbocycles. The smallest absolute Gasteiger partial charge is 0.324 e. The lowest BCUT2D eigenvalue weighted by Crippen LogP contribution is -2.49. The van der Waals surface area contributed by atoms with Gasteiger partial charge in [0.1, 0.15) is 5.54 Å². The topological polar surface area (TPSA) is 40.5 Å². The Kier molecular flexibility index (Phi) is 3.84. The van der Waals surface area contributed by atoms with Crippen LogP contribution in [0, 0.1) is 0 Å². The predicted octanol–water partition coefficient (Wildman–Crippen LogP) is 2.97. The van der Waals surface area contributed by atoms with Crippen LogP contribution in [-0.4, -0.2) is 28.1 Å². The Morgan fingerprint density at radius 1 is 1.65 bits per heavy atom. The number of likely N-dealkylation sites (tertiary alicyclic amines) is 1. The summed E-state index contributed by atoms with van der Waals surface area (Å²) in [7, 11) is 0. The van der Waals surface area contributed by atoms with Crippen molar-refractivity contribution in [2.75, 3.05) is 6.54 Å². The fourth-order valence-electron chi connectivity index (χ4n) is 2.81. The molecule has 94 valence electrons. The first-order chi connectivity index (χ1) is 8.19. The molecule has 1 aliphatic rings. The summed E-state index contributed by atoms with van der Waals surface area (Å²) in [5.41, 5.74) is 0.620. The van der Waals surface area contributed by atoms with Crippen molar-refractivity contribution in [1.82, 2.24) is 4.90 Å². The molecule has 0 spiro atoms. The van der Waals surface area contributed by atoms with E-state index < -0.39 is 11.5 Å². The summed E-state index contributed by atoms with van der Waals surface area (Å²) in [5.74, 6) is -0.646. The van der Waals surface area contributed by atoms with Gasteiger partial charge in [0.25, 0.3) is 0 Å².